The lowest BCUT2D eigenvalue weighted by Gasteiger charge is -2.29. The van der Waals surface area contributed by atoms with E-state index >= 15 is 0 Å². The van der Waals surface area contributed by atoms with Gasteiger partial charge in [-0.25, -0.2) is 4.79 Å². The van der Waals surface area contributed by atoms with Gasteiger partial charge in [-0.15, -0.1) is 0 Å². The van der Waals surface area contributed by atoms with Gasteiger partial charge in [0.25, 0.3) is 0 Å². The summed E-state index contributed by atoms with van der Waals surface area (Å²) in [5.74, 6) is -0.412. The van der Waals surface area contributed by atoms with Gasteiger partial charge in [0, 0.05) is 12.0 Å². The van der Waals surface area contributed by atoms with Gasteiger partial charge < -0.3 is 19.0 Å². The van der Waals surface area contributed by atoms with Crippen molar-refractivity contribution in [1.82, 2.24) is 0 Å². The van der Waals surface area contributed by atoms with Gasteiger partial charge in [0.15, 0.2) is 0 Å². The first kappa shape index (κ1) is 17.3. The number of nitrogens with zero attached hydrogens (tertiary/aromatic N) is 1. The highest BCUT2D eigenvalue weighted by Crippen LogP contribution is 2.34. The molecule has 0 aliphatic heterocycles. The molecule has 106 valence electrons. The monoisotopic (exact) mass is 280 g/mol. The normalized spacial score (nSPS) is 12.3. The molecule has 0 saturated carbocycles. The Labute approximate surface area is 108 Å². The topological polar surface area (TPSA) is 83.8 Å². The zero-order valence-electron chi connectivity index (χ0n) is 11.3. The first-order valence-corrected chi connectivity index (χ1v) is 7.52. The van der Waals surface area contributed by atoms with Crippen LogP contribution in [0.25, 0.3) is 0 Å². The van der Waals surface area contributed by atoms with Gasteiger partial charge in [-0.1, -0.05) is 6.58 Å². The van der Waals surface area contributed by atoms with Crippen LogP contribution in [0.1, 0.15) is 13.3 Å². The summed E-state index contributed by atoms with van der Waals surface area (Å²) in [5, 5.41) is 0. The largest absolute Gasteiger partial charge is 0.456 e. The maximum atomic E-state index is 11.1. The van der Waals surface area contributed by atoms with E-state index in [1.807, 2.05) is 14.1 Å². The fourth-order valence-electron chi connectivity index (χ4n) is 1.33. The van der Waals surface area contributed by atoms with Crippen LogP contribution in [0.15, 0.2) is 12.2 Å². The molecule has 0 fully saturated rings. The molecule has 0 amide bonds. The van der Waals surface area contributed by atoms with Crippen LogP contribution in [0, 0.1) is 0 Å². The summed E-state index contributed by atoms with van der Waals surface area (Å²) >= 11 is 0. The molecule has 7 heteroatoms. The Bertz CT molecular complexity index is 347. The molecule has 0 radical (unpaired) electrons. The smallest absolute Gasteiger partial charge is 0.333 e. The van der Waals surface area contributed by atoms with Crippen molar-refractivity contribution in [2.75, 3.05) is 40.0 Å². The molecule has 0 spiro atoms. The minimum Gasteiger partial charge on any atom is -0.456 e. The number of ether oxygens (including phenoxy) is 1. The Balaban J connectivity index is 3.90. The van der Waals surface area contributed by atoms with E-state index in [9.17, 15) is 9.36 Å². The Morgan fingerprint density at radius 2 is 1.89 bits per heavy atom. The summed E-state index contributed by atoms with van der Waals surface area (Å²) in [5.41, 5.74) is 0.363. The maximum Gasteiger partial charge on any atom is 0.333 e. The van der Waals surface area contributed by atoms with Crippen molar-refractivity contribution in [3.8, 4) is 0 Å². The van der Waals surface area contributed by atoms with Crippen LogP contribution in [0.4, 0.5) is 0 Å². The highest BCUT2D eigenvalue weighted by atomic mass is 31.2. The molecule has 0 aliphatic rings. The van der Waals surface area contributed by atoms with Gasteiger partial charge in [0.2, 0.25) is 0 Å². The molecule has 0 aliphatic carbocycles. The van der Waals surface area contributed by atoms with E-state index in [4.69, 9.17) is 14.5 Å². The van der Waals surface area contributed by atoms with Gasteiger partial charge in [-0.3, -0.25) is 4.57 Å². The van der Waals surface area contributed by atoms with E-state index in [-0.39, 0.29) is 12.8 Å². The quantitative estimate of drug-likeness (QED) is 0.297. The molecule has 0 aromatic carbocycles. The average Bonchev–Trinajstić information content (AvgIpc) is 2.14. The second kappa shape index (κ2) is 7.04. The molecule has 0 heterocycles. The molecule has 0 atom stereocenters. The van der Waals surface area contributed by atoms with E-state index in [0.717, 1.165) is 0 Å². The number of hydrogen-bond acceptors (Lipinski definition) is 3. The van der Waals surface area contributed by atoms with Crippen LogP contribution in [0.2, 0.25) is 0 Å². The van der Waals surface area contributed by atoms with Crippen molar-refractivity contribution in [1.29, 1.82) is 0 Å². The highest BCUT2D eigenvalue weighted by Gasteiger charge is 2.19. The minimum atomic E-state index is -3.91. The van der Waals surface area contributed by atoms with Crippen molar-refractivity contribution in [3.63, 3.8) is 0 Å². The number of esters is 1. The summed E-state index contributed by atoms with van der Waals surface area (Å²) in [6.07, 6.45) is 0.325. The predicted molar refractivity (Wildman–Crippen MR) is 69.1 cm³/mol. The molecule has 0 bridgehead atoms. The Morgan fingerprint density at radius 3 is 2.33 bits per heavy atom. The Morgan fingerprint density at radius 1 is 1.33 bits per heavy atom. The molecule has 6 nitrogen and oxygen atoms in total. The van der Waals surface area contributed by atoms with E-state index in [1.54, 1.807) is 6.92 Å². The summed E-state index contributed by atoms with van der Waals surface area (Å²) < 4.78 is 16.2. The number of carbonyl (C=O) groups is 1. The van der Waals surface area contributed by atoms with Crippen LogP contribution < -0.4 is 0 Å². The zero-order chi connectivity index (χ0) is 14.4. The molecule has 0 aromatic rings. The van der Waals surface area contributed by atoms with E-state index < -0.39 is 13.6 Å². The summed E-state index contributed by atoms with van der Waals surface area (Å²) in [7, 11) is -0.0636. The van der Waals surface area contributed by atoms with Crippen molar-refractivity contribution in [2.45, 2.75) is 13.3 Å². The minimum absolute atomic E-state index is 0.111. The molecule has 18 heavy (non-hydrogen) atoms. The molecule has 0 unspecified atom stereocenters. The molecule has 2 N–H and O–H groups in total. The summed E-state index contributed by atoms with van der Waals surface area (Å²) in [6.45, 7) is 6.56. The van der Waals surface area contributed by atoms with Gasteiger partial charge >= 0.3 is 13.6 Å². The van der Waals surface area contributed by atoms with Crippen molar-refractivity contribution in [3.05, 3.63) is 12.2 Å². The second-order valence-corrected chi connectivity index (χ2v) is 6.82. The maximum absolute atomic E-state index is 11.1. The lowest BCUT2D eigenvalue weighted by atomic mass is 10.3. The third kappa shape index (κ3) is 9.36. The van der Waals surface area contributed by atoms with Gasteiger partial charge in [-0.05, 0) is 6.92 Å². The summed E-state index contributed by atoms with van der Waals surface area (Å²) in [6, 6.07) is 0. The number of rotatable bonds is 8. The third-order valence-corrected chi connectivity index (χ3v) is 3.39. The fraction of sp³-hybridized carbons (Fsp3) is 0.727. The first-order chi connectivity index (χ1) is 8.03. The fourth-order valence-corrected chi connectivity index (χ4v) is 1.88. The third-order valence-electron chi connectivity index (χ3n) is 2.49. The lowest BCUT2D eigenvalue weighted by Crippen LogP contribution is -2.43. The van der Waals surface area contributed by atoms with Gasteiger partial charge in [0.1, 0.15) is 13.2 Å². The average molecular weight is 280 g/mol. The van der Waals surface area contributed by atoms with Gasteiger partial charge in [0.05, 0.1) is 26.8 Å². The highest BCUT2D eigenvalue weighted by molar-refractivity contribution is 7.51. The van der Waals surface area contributed by atoms with Crippen LogP contribution in [-0.4, -0.2) is 60.2 Å². The SMILES string of the molecule is C=C(C)C(=O)OCC[N+](C)(C)CCCP(=O)(O)O. The van der Waals surface area contributed by atoms with Crippen molar-refractivity contribution >= 4 is 13.6 Å². The number of hydrogen-bond donors (Lipinski definition) is 2. The van der Waals surface area contributed by atoms with Crippen molar-refractivity contribution in [2.24, 2.45) is 0 Å². The number of likely N-dealkylation sites (N-methyl/N-ethyl adjacent to an activating group) is 1. The second-order valence-electron chi connectivity index (χ2n) is 5.04. The molecule has 0 rings (SSSR count). The zero-order valence-corrected chi connectivity index (χ0v) is 12.2. The molecular weight excluding hydrogens is 257 g/mol. The van der Waals surface area contributed by atoms with Crippen LogP contribution >= 0.6 is 7.60 Å². The predicted octanol–water partition coefficient (Wildman–Crippen LogP) is 0.750. The molecule has 0 aromatic heterocycles. The molecule has 0 saturated heterocycles. The Hall–Kier alpha value is -0.680. The van der Waals surface area contributed by atoms with E-state index in [0.29, 0.717) is 29.6 Å². The first-order valence-electron chi connectivity index (χ1n) is 5.73. The standard InChI is InChI=1S/C11H22NO5P/c1-10(2)11(13)17-8-7-12(3,4)6-5-9-18(14,15)16/h1,5-9H2,2-4H3,(H-,14,15,16)/p+1. The molecular formula is C11H23NO5P+. The summed E-state index contributed by atoms with van der Waals surface area (Å²) in [4.78, 5) is 28.6. The van der Waals surface area contributed by atoms with E-state index in [1.165, 1.54) is 0 Å². The number of carbonyl (C=O) groups excluding carboxylic acids is 1. The van der Waals surface area contributed by atoms with Crippen LogP contribution in [0.3, 0.4) is 0 Å². The van der Waals surface area contributed by atoms with Crippen LogP contribution in [0.5, 0.6) is 0 Å². The lowest BCUT2D eigenvalue weighted by molar-refractivity contribution is -0.890. The number of quaternary nitrogens is 1. The van der Waals surface area contributed by atoms with Crippen LogP contribution in [-0.2, 0) is 14.1 Å². The van der Waals surface area contributed by atoms with Gasteiger partial charge in [-0.2, -0.15) is 0 Å². The van der Waals surface area contributed by atoms with E-state index in [2.05, 4.69) is 6.58 Å². The van der Waals surface area contributed by atoms with Crippen molar-refractivity contribution < 1.29 is 28.4 Å². The Kier molecular flexibility index (Phi) is 6.78.